The van der Waals surface area contributed by atoms with E-state index in [1.165, 1.54) is 18.4 Å². The molecule has 10 heteroatoms. The molecule has 0 aliphatic heterocycles. The highest BCUT2D eigenvalue weighted by Gasteiger charge is 2.17. The number of nitrogens with zero attached hydrogens (tertiary/aromatic N) is 1. The molecule has 0 aromatic carbocycles. The summed E-state index contributed by atoms with van der Waals surface area (Å²) in [6, 6.07) is 2.94. The third-order valence-electron chi connectivity index (χ3n) is 2.80. The summed E-state index contributed by atoms with van der Waals surface area (Å²) in [5.41, 5.74) is 4.72. The molecule has 9 nitrogen and oxygen atoms in total. The summed E-state index contributed by atoms with van der Waals surface area (Å²) in [5.74, 6) is -2.15. The fourth-order valence-electron chi connectivity index (χ4n) is 1.66. The zero-order valence-electron chi connectivity index (χ0n) is 12.0. The van der Waals surface area contributed by atoms with Gasteiger partial charge in [-0.05, 0) is 18.6 Å². The maximum Gasteiger partial charge on any atom is 0.291 e. The number of aliphatic carboxylic acids is 1. The molecule has 0 spiro atoms. The molecule has 2 aromatic rings. The SMILES string of the molecule is CC[C@H](Sc1nc(N)c(NC(=O)c2ccco2)c(=O)[nH]1)C(=O)[O-]. The molecule has 0 saturated carbocycles. The standard InChI is InChI=1S/C13H14N4O5S/c1-2-7(12(20)21)23-13-16-9(14)8(11(19)17-13)15-10(18)6-4-3-5-22-6/h3-5,7H,2H2,1H3,(H,15,18)(H,20,21)(H3,14,16,17,19)/p-1/t7-/m0/s1. The Bertz CT molecular complexity index is 771. The highest BCUT2D eigenvalue weighted by molar-refractivity contribution is 8.00. The minimum Gasteiger partial charge on any atom is -0.549 e. The Kier molecular flexibility index (Phi) is 5.06. The van der Waals surface area contributed by atoms with Crippen LogP contribution in [0.2, 0.25) is 0 Å². The van der Waals surface area contributed by atoms with Crippen molar-refractivity contribution in [3.63, 3.8) is 0 Å². The van der Waals surface area contributed by atoms with E-state index in [4.69, 9.17) is 10.2 Å². The van der Waals surface area contributed by atoms with E-state index >= 15 is 0 Å². The number of amides is 1. The second kappa shape index (κ2) is 7.01. The fraction of sp³-hybridized carbons (Fsp3) is 0.231. The number of H-pyrrole nitrogens is 1. The molecule has 0 radical (unpaired) electrons. The Morgan fingerprint density at radius 3 is 2.83 bits per heavy atom. The van der Waals surface area contributed by atoms with E-state index in [9.17, 15) is 19.5 Å². The molecule has 0 unspecified atom stereocenters. The average Bonchev–Trinajstić information content (AvgIpc) is 3.02. The van der Waals surface area contributed by atoms with Crippen LogP contribution in [0.15, 0.2) is 32.8 Å². The molecule has 4 N–H and O–H groups in total. The predicted octanol–water partition coefficient (Wildman–Crippen LogP) is -0.182. The molecule has 0 bridgehead atoms. The van der Waals surface area contributed by atoms with E-state index in [-0.39, 0.29) is 28.8 Å². The van der Waals surface area contributed by atoms with Crippen LogP contribution in [0.25, 0.3) is 0 Å². The van der Waals surface area contributed by atoms with Crippen LogP contribution in [-0.4, -0.2) is 27.1 Å². The normalized spacial score (nSPS) is 11.9. The minimum atomic E-state index is -1.27. The molecule has 0 aliphatic rings. The van der Waals surface area contributed by atoms with Crippen molar-refractivity contribution in [2.45, 2.75) is 23.8 Å². The molecule has 1 atom stereocenters. The molecular formula is C13H13N4O5S-. The third-order valence-corrected chi connectivity index (χ3v) is 4.02. The number of carboxylic acids is 1. The number of carboxylic acid groups (broad SMARTS) is 1. The fourth-order valence-corrected chi connectivity index (χ4v) is 2.50. The van der Waals surface area contributed by atoms with Gasteiger partial charge in [0.25, 0.3) is 11.5 Å². The Balaban J connectivity index is 2.22. The Hall–Kier alpha value is -2.75. The van der Waals surface area contributed by atoms with E-state index in [1.807, 2.05) is 0 Å². The third kappa shape index (κ3) is 3.92. The number of anilines is 2. The van der Waals surface area contributed by atoms with Crippen molar-refractivity contribution in [2.24, 2.45) is 0 Å². The van der Waals surface area contributed by atoms with Gasteiger partial charge in [0.2, 0.25) is 0 Å². The highest BCUT2D eigenvalue weighted by atomic mass is 32.2. The maximum atomic E-state index is 12.0. The summed E-state index contributed by atoms with van der Waals surface area (Å²) in [6.45, 7) is 1.66. The Morgan fingerprint density at radius 1 is 1.57 bits per heavy atom. The van der Waals surface area contributed by atoms with Crippen LogP contribution < -0.4 is 21.7 Å². The predicted molar refractivity (Wildman–Crippen MR) is 80.9 cm³/mol. The van der Waals surface area contributed by atoms with Crippen molar-refractivity contribution < 1.29 is 19.1 Å². The number of carbonyl (C=O) groups excluding carboxylic acids is 2. The highest BCUT2D eigenvalue weighted by Crippen LogP contribution is 2.23. The van der Waals surface area contributed by atoms with Gasteiger partial charge < -0.3 is 25.4 Å². The molecule has 0 fully saturated rings. The first-order valence-electron chi connectivity index (χ1n) is 6.54. The monoisotopic (exact) mass is 337 g/mol. The molecule has 2 heterocycles. The number of thioether (sulfide) groups is 1. The van der Waals surface area contributed by atoms with Gasteiger partial charge in [0, 0.05) is 0 Å². The van der Waals surface area contributed by atoms with Gasteiger partial charge in [0.05, 0.1) is 17.5 Å². The largest absolute Gasteiger partial charge is 0.549 e. The van der Waals surface area contributed by atoms with Gasteiger partial charge in [0.1, 0.15) is 0 Å². The maximum absolute atomic E-state index is 12.0. The quantitative estimate of drug-likeness (QED) is 0.484. The van der Waals surface area contributed by atoms with Crippen molar-refractivity contribution in [1.82, 2.24) is 9.97 Å². The number of nitrogens with one attached hydrogen (secondary N) is 2. The molecule has 2 aromatic heterocycles. The lowest BCUT2D eigenvalue weighted by Crippen LogP contribution is -2.33. The van der Waals surface area contributed by atoms with Crippen molar-refractivity contribution in [3.05, 3.63) is 34.5 Å². The topological polar surface area (TPSA) is 154 Å². The number of furan rings is 1. The van der Waals surface area contributed by atoms with Crippen LogP contribution in [-0.2, 0) is 4.79 Å². The number of aromatic nitrogens is 2. The van der Waals surface area contributed by atoms with Crippen molar-refractivity contribution in [2.75, 3.05) is 11.1 Å². The van der Waals surface area contributed by atoms with E-state index in [1.54, 1.807) is 6.92 Å². The van der Waals surface area contributed by atoms with Gasteiger partial charge >= 0.3 is 0 Å². The van der Waals surface area contributed by atoms with Gasteiger partial charge in [-0.15, -0.1) is 0 Å². The van der Waals surface area contributed by atoms with Gasteiger partial charge in [-0.2, -0.15) is 0 Å². The van der Waals surface area contributed by atoms with Crippen LogP contribution in [0.1, 0.15) is 23.9 Å². The molecule has 0 aliphatic carbocycles. The Morgan fingerprint density at radius 2 is 2.30 bits per heavy atom. The zero-order chi connectivity index (χ0) is 17.0. The molecule has 1 amide bonds. The number of aromatic amines is 1. The van der Waals surface area contributed by atoms with Gasteiger partial charge in [0.15, 0.2) is 22.4 Å². The van der Waals surface area contributed by atoms with Crippen LogP contribution in [0.3, 0.4) is 0 Å². The van der Waals surface area contributed by atoms with Gasteiger partial charge in [-0.1, -0.05) is 18.7 Å². The van der Waals surface area contributed by atoms with Crippen LogP contribution >= 0.6 is 11.8 Å². The second-order valence-corrected chi connectivity index (χ2v) is 5.59. The molecule has 2 rings (SSSR count). The summed E-state index contributed by atoms with van der Waals surface area (Å²) >= 11 is 0.811. The summed E-state index contributed by atoms with van der Waals surface area (Å²) in [7, 11) is 0. The van der Waals surface area contributed by atoms with Crippen LogP contribution in [0.4, 0.5) is 11.5 Å². The number of nitrogen functional groups attached to an aromatic ring is 1. The second-order valence-electron chi connectivity index (χ2n) is 4.40. The van der Waals surface area contributed by atoms with E-state index in [2.05, 4.69) is 15.3 Å². The van der Waals surface area contributed by atoms with Crippen molar-refractivity contribution in [3.8, 4) is 0 Å². The smallest absolute Gasteiger partial charge is 0.291 e. The molecule has 23 heavy (non-hydrogen) atoms. The first kappa shape index (κ1) is 16.6. The van der Waals surface area contributed by atoms with E-state index in [0.29, 0.717) is 0 Å². The van der Waals surface area contributed by atoms with Gasteiger partial charge in [-0.3, -0.25) is 14.6 Å². The van der Waals surface area contributed by atoms with E-state index in [0.717, 1.165) is 11.8 Å². The number of nitrogens with two attached hydrogens (primary N) is 1. The summed E-state index contributed by atoms with van der Waals surface area (Å²) in [6.07, 6.45) is 1.60. The van der Waals surface area contributed by atoms with Gasteiger partial charge in [-0.25, -0.2) is 4.98 Å². The summed E-state index contributed by atoms with van der Waals surface area (Å²) < 4.78 is 4.90. The lowest BCUT2D eigenvalue weighted by Gasteiger charge is -2.15. The average molecular weight is 337 g/mol. The van der Waals surface area contributed by atoms with Crippen LogP contribution in [0.5, 0.6) is 0 Å². The minimum absolute atomic E-state index is 0.00486. The van der Waals surface area contributed by atoms with Crippen LogP contribution in [0, 0.1) is 0 Å². The van der Waals surface area contributed by atoms with Crippen molar-refractivity contribution in [1.29, 1.82) is 0 Å². The van der Waals surface area contributed by atoms with E-state index < -0.39 is 22.7 Å². The summed E-state index contributed by atoms with van der Waals surface area (Å²) in [5, 5.41) is 12.3. The first-order valence-corrected chi connectivity index (χ1v) is 7.42. The number of carbonyl (C=O) groups is 2. The lowest BCUT2D eigenvalue weighted by molar-refractivity contribution is -0.304. The summed E-state index contributed by atoms with van der Waals surface area (Å²) in [4.78, 5) is 41.0. The molecule has 122 valence electrons. The molecular weight excluding hydrogens is 324 g/mol. The first-order chi connectivity index (χ1) is 10.9. The molecule has 0 saturated heterocycles. The number of rotatable bonds is 6. The zero-order valence-corrected chi connectivity index (χ0v) is 12.8. The Labute approximate surface area is 134 Å². The van der Waals surface area contributed by atoms with Crippen molar-refractivity contribution >= 4 is 35.1 Å². The lowest BCUT2D eigenvalue weighted by atomic mass is 10.3. The number of hydrogen-bond acceptors (Lipinski definition) is 8. The number of hydrogen-bond donors (Lipinski definition) is 3.